The Labute approximate surface area is 119 Å². The first kappa shape index (κ1) is 14.7. The molecule has 0 amide bonds. The van der Waals surface area contributed by atoms with E-state index in [0.29, 0.717) is 0 Å². The molecule has 1 atom stereocenters. The minimum Gasteiger partial charge on any atom is -0.493 e. The van der Waals surface area contributed by atoms with E-state index < -0.39 is 0 Å². The number of methoxy groups -OCH3 is 1. The topological polar surface area (TPSA) is 52.2 Å². The van der Waals surface area contributed by atoms with E-state index in [9.17, 15) is 0 Å². The molecule has 5 nitrogen and oxygen atoms in total. The Morgan fingerprint density at radius 2 is 2.20 bits per heavy atom. The van der Waals surface area contributed by atoms with E-state index in [2.05, 4.69) is 24.3 Å². The van der Waals surface area contributed by atoms with Gasteiger partial charge in [-0.2, -0.15) is 5.10 Å². The summed E-state index contributed by atoms with van der Waals surface area (Å²) in [7, 11) is 3.59. The number of hydrogen-bond acceptors (Lipinski definition) is 4. The van der Waals surface area contributed by atoms with Crippen molar-refractivity contribution < 1.29 is 9.15 Å². The summed E-state index contributed by atoms with van der Waals surface area (Å²) in [6.45, 7) is 5.07. The number of aryl methyl sites for hydroxylation is 2. The smallest absolute Gasteiger partial charge is 0.162 e. The molecule has 0 aliphatic carbocycles. The molecule has 0 aliphatic rings. The van der Waals surface area contributed by atoms with Crippen molar-refractivity contribution in [1.82, 2.24) is 15.1 Å². The van der Waals surface area contributed by atoms with Crippen molar-refractivity contribution in [3.8, 4) is 5.75 Å². The fourth-order valence-electron chi connectivity index (χ4n) is 2.37. The summed E-state index contributed by atoms with van der Waals surface area (Å²) >= 11 is 0. The van der Waals surface area contributed by atoms with Gasteiger partial charge in [-0.15, -0.1) is 0 Å². The molecule has 0 aromatic carbocycles. The molecule has 0 spiro atoms. The maximum Gasteiger partial charge on any atom is 0.162 e. The maximum absolute atomic E-state index is 5.88. The number of furan rings is 1. The Kier molecular flexibility index (Phi) is 4.84. The SMILES string of the molecule is CCCn1ncc(OC)c1C(NC)c1ccc(CC)o1. The highest BCUT2D eigenvalue weighted by atomic mass is 16.5. The van der Waals surface area contributed by atoms with Gasteiger partial charge < -0.3 is 14.5 Å². The Balaban J connectivity index is 2.41. The molecule has 2 heterocycles. The van der Waals surface area contributed by atoms with E-state index in [1.807, 2.05) is 23.9 Å². The van der Waals surface area contributed by atoms with Gasteiger partial charge >= 0.3 is 0 Å². The van der Waals surface area contributed by atoms with Crippen molar-refractivity contribution in [2.24, 2.45) is 0 Å². The van der Waals surface area contributed by atoms with Crippen LogP contribution in [-0.4, -0.2) is 23.9 Å². The van der Waals surface area contributed by atoms with Crippen molar-refractivity contribution in [3.05, 3.63) is 35.5 Å². The van der Waals surface area contributed by atoms with Crippen molar-refractivity contribution in [3.63, 3.8) is 0 Å². The van der Waals surface area contributed by atoms with Gasteiger partial charge in [0.25, 0.3) is 0 Å². The highest BCUT2D eigenvalue weighted by Gasteiger charge is 2.24. The molecule has 0 fully saturated rings. The Hall–Kier alpha value is -1.75. The van der Waals surface area contributed by atoms with Gasteiger partial charge in [-0.3, -0.25) is 4.68 Å². The monoisotopic (exact) mass is 277 g/mol. The summed E-state index contributed by atoms with van der Waals surface area (Å²) in [6, 6.07) is 3.98. The molecule has 1 unspecified atom stereocenters. The van der Waals surface area contributed by atoms with Crippen LogP contribution in [0.1, 0.15) is 43.5 Å². The second kappa shape index (κ2) is 6.61. The fraction of sp³-hybridized carbons (Fsp3) is 0.533. The average molecular weight is 277 g/mol. The van der Waals surface area contributed by atoms with Gasteiger partial charge in [0.15, 0.2) is 5.75 Å². The molecular formula is C15H23N3O2. The second-order valence-corrected chi connectivity index (χ2v) is 4.70. The summed E-state index contributed by atoms with van der Waals surface area (Å²) in [5.74, 6) is 2.66. The van der Waals surface area contributed by atoms with Crippen LogP contribution >= 0.6 is 0 Å². The maximum atomic E-state index is 5.88. The first-order valence-electron chi connectivity index (χ1n) is 7.10. The van der Waals surface area contributed by atoms with Crippen molar-refractivity contribution in [1.29, 1.82) is 0 Å². The molecule has 110 valence electrons. The van der Waals surface area contributed by atoms with Gasteiger partial charge in [0.1, 0.15) is 23.3 Å². The summed E-state index contributed by atoms with van der Waals surface area (Å²) < 4.78 is 13.3. The van der Waals surface area contributed by atoms with Crippen LogP contribution < -0.4 is 10.1 Å². The lowest BCUT2D eigenvalue weighted by atomic mass is 10.1. The molecular weight excluding hydrogens is 254 g/mol. The predicted molar refractivity (Wildman–Crippen MR) is 78.1 cm³/mol. The largest absolute Gasteiger partial charge is 0.493 e. The van der Waals surface area contributed by atoms with E-state index in [1.54, 1.807) is 13.3 Å². The Morgan fingerprint density at radius 3 is 2.75 bits per heavy atom. The molecule has 0 saturated heterocycles. The molecule has 0 saturated carbocycles. The summed E-state index contributed by atoms with van der Waals surface area (Å²) in [5.41, 5.74) is 1.01. The Bertz CT molecular complexity index is 545. The van der Waals surface area contributed by atoms with Crippen LogP contribution in [0.2, 0.25) is 0 Å². The molecule has 2 aromatic rings. The third kappa shape index (κ3) is 2.72. The van der Waals surface area contributed by atoms with Crippen LogP contribution in [0.15, 0.2) is 22.7 Å². The molecule has 0 aliphatic heterocycles. The van der Waals surface area contributed by atoms with Crippen LogP contribution in [0.3, 0.4) is 0 Å². The van der Waals surface area contributed by atoms with Crippen molar-refractivity contribution in [2.45, 2.75) is 39.3 Å². The number of nitrogens with zero attached hydrogens (tertiary/aromatic N) is 2. The van der Waals surface area contributed by atoms with Crippen LogP contribution in [0.25, 0.3) is 0 Å². The zero-order chi connectivity index (χ0) is 14.5. The first-order chi connectivity index (χ1) is 9.74. The van der Waals surface area contributed by atoms with Crippen LogP contribution in [0.5, 0.6) is 5.75 Å². The minimum absolute atomic E-state index is 0.0562. The zero-order valence-corrected chi connectivity index (χ0v) is 12.6. The van der Waals surface area contributed by atoms with Gasteiger partial charge in [-0.1, -0.05) is 13.8 Å². The van der Waals surface area contributed by atoms with Crippen molar-refractivity contribution in [2.75, 3.05) is 14.2 Å². The van der Waals surface area contributed by atoms with Crippen LogP contribution in [0, 0.1) is 0 Å². The zero-order valence-electron chi connectivity index (χ0n) is 12.6. The summed E-state index contributed by atoms with van der Waals surface area (Å²) in [5, 5.41) is 7.71. The van der Waals surface area contributed by atoms with Gasteiger partial charge in [-0.25, -0.2) is 0 Å². The first-order valence-corrected chi connectivity index (χ1v) is 7.10. The van der Waals surface area contributed by atoms with E-state index in [0.717, 1.165) is 42.4 Å². The van der Waals surface area contributed by atoms with Gasteiger partial charge in [-0.05, 0) is 25.6 Å². The number of nitrogens with one attached hydrogen (secondary N) is 1. The highest BCUT2D eigenvalue weighted by Crippen LogP contribution is 2.31. The molecule has 1 N–H and O–H groups in total. The van der Waals surface area contributed by atoms with Crippen LogP contribution in [0.4, 0.5) is 0 Å². The Morgan fingerprint density at radius 1 is 1.40 bits per heavy atom. The third-order valence-electron chi connectivity index (χ3n) is 3.38. The predicted octanol–water partition coefficient (Wildman–Crippen LogP) is 2.77. The summed E-state index contributed by atoms with van der Waals surface area (Å²) in [6.07, 6.45) is 3.67. The molecule has 2 rings (SSSR count). The van der Waals surface area contributed by atoms with Crippen molar-refractivity contribution >= 4 is 0 Å². The second-order valence-electron chi connectivity index (χ2n) is 4.70. The van der Waals surface area contributed by atoms with E-state index >= 15 is 0 Å². The lowest BCUT2D eigenvalue weighted by Gasteiger charge is -2.17. The number of aromatic nitrogens is 2. The molecule has 0 radical (unpaired) electrons. The lowest BCUT2D eigenvalue weighted by molar-refractivity contribution is 0.381. The third-order valence-corrected chi connectivity index (χ3v) is 3.38. The molecule has 2 aromatic heterocycles. The van der Waals surface area contributed by atoms with Gasteiger partial charge in [0.05, 0.1) is 13.3 Å². The lowest BCUT2D eigenvalue weighted by Crippen LogP contribution is -2.22. The van der Waals surface area contributed by atoms with E-state index in [4.69, 9.17) is 9.15 Å². The number of ether oxygens (including phenoxy) is 1. The van der Waals surface area contributed by atoms with E-state index in [-0.39, 0.29) is 6.04 Å². The standard InChI is InChI=1S/C15H23N3O2/c1-5-9-18-15(13(19-4)10-17-18)14(16-3)12-8-7-11(6-2)20-12/h7-8,10,14,16H,5-6,9H2,1-4H3. The fourth-order valence-corrected chi connectivity index (χ4v) is 2.37. The minimum atomic E-state index is -0.0562. The molecule has 0 bridgehead atoms. The molecule has 20 heavy (non-hydrogen) atoms. The van der Waals surface area contributed by atoms with E-state index in [1.165, 1.54) is 0 Å². The number of hydrogen-bond donors (Lipinski definition) is 1. The van der Waals surface area contributed by atoms with Gasteiger partial charge in [0, 0.05) is 13.0 Å². The quantitative estimate of drug-likeness (QED) is 0.845. The van der Waals surface area contributed by atoms with Crippen LogP contribution in [-0.2, 0) is 13.0 Å². The average Bonchev–Trinajstić information content (AvgIpc) is 3.08. The summed E-state index contributed by atoms with van der Waals surface area (Å²) in [4.78, 5) is 0. The van der Waals surface area contributed by atoms with Gasteiger partial charge in [0.2, 0.25) is 0 Å². The normalized spacial score (nSPS) is 12.6. The number of rotatable bonds is 7. The molecule has 5 heteroatoms. The highest BCUT2D eigenvalue weighted by molar-refractivity contribution is 5.33.